The molecular formula is C17H20O8. The van der Waals surface area contributed by atoms with Crippen LogP contribution >= 0.6 is 0 Å². The largest absolute Gasteiger partial charge is 0.458 e. The second kappa shape index (κ2) is 5.77. The molecule has 0 unspecified atom stereocenters. The van der Waals surface area contributed by atoms with Gasteiger partial charge in [0.05, 0.1) is 11.8 Å². The molecule has 0 radical (unpaired) electrons. The molecule has 25 heavy (non-hydrogen) atoms. The lowest BCUT2D eigenvalue weighted by Gasteiger charge is -2.40. The molecule has 3 rings (SSSR count). The molecule has 8 nitrogen and oxygen atoms in total. The summed E-state index contributed by atoms with van der Waals surface area (Å²) in [6.07, 6.45) is 2.91. The molecule has 2 aliphatic carbocycles. The molecule has 6 atom stereocenters. The summed E-state index contributed by atoms with van der Waals surface area (Å²) < 4.78 is 10.8. The summed E-state index contributed by atoms with van der Waals surface area (Å²) in [5, 5.41) is 19.2. The summed E-state index contributed by atoms with van der Waals surface area (Å²) in [6, 6.07) is 0. The van der Waals surface area contributed by atoms with Crippen LogP contribution in [0.1, 0.15) is 20.8 Å². The molecule has 0 amide bonds. The van der Waals surface area contributed by atoms with E-state index in [0.29, 0.717) is 5.57 Å². The molecule has 8 heteroatoms. The van der Waals surface area contributed by atoms with E-state index >= 15 is 0 Å². The quantitative estimate of drug-likeness (QED) is 0.259. The van der Waals surface area contributed by atoms with E-state index < -0.39 is 47.2 Å². The van der Waals surface area contributed by atoms with E-state index in [1.807, 2.05) is 0 Å². The number of rotatable bonds is 3. The highest BCUT2D eigenvalue weighted by Gasteiger charge is 2.65. The third-order valence-electron chi connectivity index (χ3n) is 5.37. The van der Waals surface area contributed by atoms with Gasteiger partial charge in [-0.3, -0.25) is 15.3 Å². The molecule has 0 bridgehead atoms. The van der Waals surface area contributed by atoms with Crippen LogP contribution in [0, 0.1) is 11.8 Å². The highest BCUT2D eigenvalue weighted by molar-refractivity contribution is 5.91. The Bertz CT molecular complexity index is 695. The summed E-state index contributed by atoms with van der Waals surface area (Å²) in [7, 11) is 0. The fraction of sp³-hybridized carbons (Fsp3) is 0.529. The Morgan fingerprint density at radius 1 is 1.32 bits per heavy atom. The zero-order valence-electron chi connectivity index (χ0n) is 14.1. The minimum Gasteiger partial charge on any atom is -0.458 e. The molecule has 2 N–H and O–H groups in total. The van der Waals surface area contributed by atoms with Crippen LogP contribution in [0.4, 0.5) is 0 Å². The minimum absolute atomic E-state index is 0.140. The van der Waals surface area contributed by atoms with E-state index in [4.69, 9.17) is 14.4 Å². The van der Waals surface area contributed by atoms with Gasteiger partial charge >= 0.3 is 11.9 Å². The first-order valence-corrected chi connectivity index (χ1v) is 7.81. The van der Waals surface area contributed by atoms with Gasteiger partial charge in [0.25, 0.3) is 0 Å². The van der Waals surface area contributed by atoms with Crippen molar-refractivity contribution in [2.24, 2.45) is 11.8 Å². The summed E-state index contributed by atoms with van der Waals surface area (Å²) >= 11 is 0. The molecule has 1 aliphatic heterocycles. The van der Waals surface area contributed by atoms with Crippen molar-refractivity contribution in [3.63, 3.8) is 0 Å². The Kier molecular flexibility index (Phi) is 4.11. The number of hydrogen-bond acceptors (Lipinski definition) is 8. The van der Waals surface area contributed by atoms with Crippen LogP contribution in [0.3, 0.4) is 0 Å². The highest BCUT2D eigenvalue weighted by Crippen LogP contribution is 2.54. The Morgan fingerprint density at radius 2 is 2.00 bits per heavy atom. The number of esters is 2. The van der Waals surface area contributed by atoms with Gasteiger partial charge in [-0.2, -0.15) is 0 Å². The maximum atomic E-state index is 12.1. The van der Waals surface area contributed by atoms with Crippen molar-refractivity contribution < 1.29 is 39.4 Å². The average Bonchev–Trinajstić information content (AvgIpc) is 2.98. The van der Waals surface area contributed by atoms with Crippen LogP contribution in [-0.2, 0) is 28.8 Å². The Morgan fingerprint density at radius 3 is 2.56 bits per heavy atom. The summed E-state index contributed by atoms with van der Waals surface area (Å²) in [6.45, 7) is 8.26. The monoisotopic (exact) mass is 352 g/mol. The van der Waals surface area contributed by atoms with Crippen molar-refractivity contribution in [1.82, 2.24) is 0 Å². The van der Waals surface area contributed by atoms with Crippen LogP contribution in [0.2, 0.25) is 0 Å². The number of carbonyl (C=O) groups is 2. The highest BCUT2D eigenvalue weighted by atomic mass is 17.1. The van der Waals surface area contributed by atoms with E-state index in [1.165, 1.54) is 19.1 Å². The predicted octanol–water partition coefficient (Wildman–Crippen LogP) is 1.64. The first-order chi connectivity index (χ1) is 11.7. The molecular weight excluding hydrogens is 332 g/mol. The maximum Gasteiger partial charge on any atom is 0.334 e. The Labute approximate surface area is 144 Å². The second-order valence-electron chi connectivity index (χ2n) is 6.82. The van der Waals surface area contributed by atoms with Gasteiger partial charge in [0, 0.05) is 12.5 Å². The van der Waals surface area contributed by atoms with Crippen molar-refractivity contribution in [3.8, 4) is 0 Å². The molecule has 0 aromatic carbocycles. The van der Waals surface area contributed by atoms with Crippen LogP contribution in [0.15, 0.2) is 36.0 Å². The van der Waals surface area contributed by atoms with E-state index in [1.54, 1.807) is 19.9 Å². The van der Waals surface area contributed by atoms with Gasteiger partial charge in [-0.05, 0) is 31.6 Å². The standard InChI is InChI=1S/C17H20O8/c1-8-7-11(22-10(3)18)12-9(2)15(19)23-13(12)14-16(4,24-20)5-6-17(8,14)25-21/h5-7,11-14,20-21H,2H2,1,3-4H3/t11-,12+,13-,14-,16-,17+/m0/s1. The zero-order valence-corrected chi connectivity index (χ0v) is 14.1. The van der Waals surface area contributed by atoms with Gasteiger partial charge in [-0.1, -0.05) is 12.7 Å². The SMILES string of the molecule is C=C1C(=O)O[C@H]2[C@H]1[C@@H](OC(C)=O)C=C(C)[C@]1(OO)C=C[C@](C)(OO)[C@H]21. The van der Waals surface area contributed by atoms with Crippen LogP contribution in [0.5, 0.6) is 0 Å². The van der Waals surface area contributed by atoms with Gasteiger partial charge in [0.2, 0.25) is 0 Å². The minimum atomic E-state index is -1.42. The fourth-order valence-electron chi connectivity index (χ4n) is 4.16. The lowest BCUT2D eigenvalue weighted by atomic mass is 9.73. The van der Waals surface area contributed by atoms with Gasteiger partial charge in [-0.25, -0.2) is 14.6 Å². The second-order valence-corrected chi connectivity index (χ2v) is 6.82. The Hall–Kier alpha value is -2.00. The number of hydrogen-bond donors (Lipinski definition) is 2. The third-order valence-corrected chi connectivity index (χ3v) is 5.37. The summed E-state index contributed by atoms with van der Waals surface area (Å²) in [5.41, 5.74) is -2.07. The van der Waals surface area contributed by atoms with Crippen molar-refractivity contribution in [3.05, 3.63) is 36.0 Å². The van der Waals surface area contributed by atoms with Gasteiger partial charge in [0.1, 0.15) is 17.8 Å². The van der Waals surface area contributed by atoms with Crippen molar-refractivity contribution in [2.45, 2.75) is 44.2 Å². The molecule has 0 aromatic heterocycles. The van der Waals surface area contributed by atoms with Crippen molar-refractivity contribution in [2.75, 3.05) is 0 Å². The van der Waals surface area contributed by atoms with E-state index in [9.17, 15) is 20.1 Å². The average molecular weight is 352 g/mol. The number of fused-ring (bicyclic) bond motifs is 3. The number of ether oxygens (including phenoxy) is 2. The smallest absolute Gasteiger partial charge is 0.334 e. The van der Waals surface area contributed by atoms with Gasteiger partial charge in [-0.15, -0.1) is 0 Å². The first kappa shape index (κ1) is 17.8. The predicted molar refractivity (Wildman–Crippen MR) is 83.0 cm³/mol. The lowest BCUT2D eigenvalue weighted by Crippen LogP contribution is -2.54. The van der Waals surface area contributed by atoms with Gasteiger partial charge in [0.15, 0.2) is 5.60 Å². The summed E-state index contributed by atoms with van der Waals surface area (Å²) in [5.74, 6) is -2.72. The Balaban J connectivity index is 2.20. The molecule has 1 fully saturated rings. The van der Waals surface area contributed by atoms with Crippen LogP contribution in [0.25, 0.3) is 0 Å². The molecule has 3 aliphatic rings. The lowest BCUT2D eigenvalue weighted by molar-refractivity contribution is -0.360. The fourth-order valence-corrected chi connectivity index (χ4v) is 4.16. The summed E-state index contributed by atoms with van der Waals surface area (Å²) in [4.78, 5) is 33.1. The molecule has 1 heterocycles. The number of carbonyl (C=O) groups excluding carboxylic acids is 2. The maximum absolute atomic E-state index is 12.1. The normalized spacial score (nSPS) is 42.4. The van der Waals surface area contributed by atoms with E-state index in [2.05, 4.69) is 11.5 Å². The van der Waals surface area contributed by atoms with Crippen LogP contribution < -0.4 is 0 Å². The van der Waals surface area contributed by atoms with Gasteiger partial charge < -0.3 is 9.47 Å². The topological polar surface area (TPSA) is 112 Å². The van der Waals surface area contributed by atoms with Crippen LogP contribution in [-0.4, -0.2) is 45.9 Å². The van der Waals surface area contributed by atoms with Crippen molar-refractivity contribution in [1.29, 1.82) is 0 Å². The third kappa shape index (κ3) is 2.36. The molecule has 136 valence electrons. The van der Waals surface area contributed by atoms with E-state index in [-0.39, 0.29) is 5.57 Å². The molecule has 0 spiro atoms. The zero-order chi connectivity index (χ0) is 18.6. The van der Waals surface area contributed by atoms with E-state index in [0.717, 1.165) is 0 Å². The molecule has 0 saturated carbocycles. The molecule has 1 saturated heterocycles. The first-order valence-electron chi connectivity index (χ1n) is 7.81. The van der Waals surface area contributed by atoms with Crippen molar-refractivity contribution >= 4 is 11.9 Å². The molecule has 0 aromatic rings.